The van der Waals surface area contributed by atoms with Crippen molar-refractivity contribution in [3.63, 3.8) is 0 Å². The third kappa shape index (κ3) is 14.4. The molecule has 6 rings (SSSR count). The van der Waals surface area contributed by atoms with E-state index in [9.17, 15) is 24.9 Å². The number of carbonyl (C=O) groups excluding carboxylic acids is 1. The summed E-state index contributed by atoms with van der Waals surface area (Å²) in [5.74, 6) is -1.50. The number of esters is 1. The van der Waals surface area contributed by atoms with Gasteiger partial charge in [0.25, 0.3) is 0 Å². The monoisotopic (exact) mass is 841 g/mol. The van der Waals surface area contributed by atoms with E-state index in [4.69, 9.17) is 38.9 Å². The lowest BCUT2D eigenvalue weighted by atomic mass is 9.99. The Bertz CT molecular complexity index is 2660. The minimum Gasteiger partial charge on any atom is -0.478 e. The predicted molar refractivity (Wildman–Crippen MR) is 237 cm³/mol. The van der Waals surface area contributed by atoms with Crippen molar-refractivity contribution in [3.05, 3.63) is 183 Å². The first-order valence-corrected chi connectivity index (χ1v) is 19.1. The predicted octanol–water partition coefficient (Wildman–Crippen LogP) is 9.49. The highest BCUT2D eigenvalue weighted by atomic mass is 35.5. The van der Waals surface area contributed by atoms with Crippen molar-refractivity contribution in [1.29, 1.82) is 0 Å². The van der Waals surface area contributed by atoms with Gasteiger partial charge in [-0.05, 0) is 119 Å². The number of carbonyl (C=O) groups is 2. The zero-order valence-electron chi connectivity index (χ0n) is 40.0. The second-order valence-electron chi connectivity index (χ2n) is 13.0. The SMILES string of the molecule is [2H]C([2H])(Cc1cccc(-c2cccc(C(=O)O)c2)c1)C([2H])([2H])NC[C@H](O)c1cccc(Cl)c1.[2H]C([2H])(NC[C@H](O)c1cccc(Cl)c1)C([2H])([2H])Nc1cccc(-c2cccc(C(=O)OC)c2)c1. The normalized spacial score (nSPS) is 14.8. The first-order valence-electron chi connectivity index (χ1n) is 22.4. The molecule has 6 aromatic rings. The summed E-state index contributed by atoms with van der Waals surface area (Å²) in [6.45, 7) is -7.93. The number of hydrogen-bond donors (Lipinski definition) is 6. The van der Waals surface area contributed by atoms with Crippen LogP contribution in [-0.4, -0.2) is 66.9 Å². The minimum absolute atomic E-state index is 0.145. The average molecular weight is 843 g/mol. The van der Waals surface area contributed by atoms with Crippen molar-refractivity contribution >= 4 is 40.8 Å². The van der Waals surface area contributed by atoms with E-state index in [0.29, 0.717) is 54.7 Å². The summed E-state index contributed by atoms with van der Waals surface area (Å²) in [6.07, 6.45) is -4.66. The number of hydrogen-bond acceptors (Lipinski definition) is 8. The number of methoxy groups -OCH3 is 1. The number of ether oxygens (including phenoxy) is 1. The molecule has 0 saturated heterocycles. The fraction of sp³-hybridized carbons (Fsp3) is 0.208. The topological polar surface area (TPSA) is 140 Å². The number of anilines is 1. The van der Waals surface area contributed by atoms with E-state index in [1.807, 2.05) is 0 Å². The van der Waals surface area contributed by atoms with Gasteiger partial charge in [-0.3, -0.25) is 0 Å². The van der Waals surface area contributed by atoms with Crippen LogP contribution in [0.4, 0.5) is 5.69 Å². The van der Waals surface area contributed by atoms with E-state index in [2.05, 4.69) is 16.0 Å². The number of rotatable bonds is 18. The van der Waals surface area contributed by atoms with Crippen molar-refractivity contribution in [1.82, 2.24) is 10.6 Å². The molecular weight excluding hydrogens is 785 g/mol. The van der Waals surface area contributed by atoms with Gasteiger partial charge in [0.1, 0.15) is 0 Å². The first kappa shape index (κ1) is 34.4. The van der Waals surface area contributed by atoms with Crippen LogP contribution in [0.1, 0.15) is 67.0 Å². The van der Waals surface area contributed by atoms with Gasteiger partial charge in [0, 0.05) is 50.0 Å². The second-order valence-corrected chi connectivity index (χ2v) is 13.9. The van der Waals surface area contributed by atoms with Gasteiger partial charge >= 0.3 is 11.9 Å². The summed E-state index contributed by atoms with van der Waals surface area (Å²) in [5, 5.41) is 38.3. The van der Waals surface area contributed by atoms with E-state index in [0.717, 1.165) is 5.56 Å². The van der Waals surface area contributed by atoms with Crippen LogP contribution in [0.25, 0.3) is 22.3 Å². The van der Waals surface area contributed by atoms with Gasteiger partial charge in [0.15, 0.2) is 0 Å². The standard InChI is InChI=1S/C24H25ClN2O3.C24H24ClNO3/c1-30-24(29)20-8-2-5-17(13-20)18-6-4-10-22(15-18)27-12-11-26-16-23(28)19-7-3-9-21(25)14-19;25-22-11-3-9-20(15-22)23(27)16-26-12-4-6-17-5-1-7-18(13-17)19-8-2-10-21(14-19)24(28)29/h2-10,13-15,23,26-28H,11-12,16H2,1H3;1-3,5,7-11,13-15,23,26-27H,4,6,12,16H2,(H,28,29)/t2*23-/m00/s1/i11D2,12D2;4D2,12D2. The fourth-order valence-electron chi connectivity index (χ4n) is 5.73. The lowest BCUT2D eigenvalue weighted by molar-refractivity contribution is 0.0599. The molecular formula is C48H49Cl2N3O6. The van der Waals surface area contributed by atoms with Gasteiger partial charge in [-0.25, -0.2) is 9.59 Å². The Morgan fingerprint density at radius 1 is 0.627 bits per heavy atom. The van der Waals surface area contributed by atoms with Crippen LogP contribution in [0.15, 0.2) is 146 Å². The van der Waals surface area contributed by atoms with Gasteiger partial charge < -0.3 is 36.0 Å². The molecule has 0 aliphatic rings. The van der Waals surface area contributed by atoms with Crippen molar-refractivity contribution in [2.75, 3.05) is 45.0 Å². The highest BCUT2D eigenvalue weighted by Crippen LogP contribution is 2.25. The Labute approximate surface area is 366 Å². The molecule has 9 nitrogen and oxygen atoms in total. The van der Waals surface area contributed by atoms with E-state index in [1.165, 1.54) is 19.2 Å². The molecule has 0 aromatic heterocycles. The van der Waals surface area contributed by atoms with E-state index >= 15 is 0 Å². The van der Waals surface area contributed by atoms with Gasteiger partial charge in [0.05, 0.1) is 33.2 Å². The summed E-state index contributed by atoms with van der Waals surface area (Å²) in [5.41, 5.74) is 5.22. The van der Waals surface area contributed by atoms with Crippen LogP contribution < -0.4 is 16.0 Å². The molecule has 0 aliphatic carbocycles. The number of aliphatic hydroxyl groups excluding tert-OH is 2. The van der Waals surface area contributed by atoms with Gasteiger partial charge in [-0.15, -0.1) is 0 Å². The molecule has 2 atom stereocenters. The van der Waals surface area contributed by atoms with Crippen LogP contribution in [0.3, 0.4) is 0 Å². The van der Waals surface area contributed by atoms with E-state index < -0.39 is 50.0 Å². The van der Waals surface area contributed by atoms with Crippen molar-refractivity contribution < 1.29 is 40.6 Å². The Morgan fingerprint density at radius 3 is 1.73 bits per heavy atom. The molecule has 0 spiro atoms. The molecule has 0 aliphatic heterocycles. The molecule has 306 valence electrons. The molecule has 0 fully saturated rings. The molecule has 0 saturated carbocycles. The van der Waals surface area contributed by atoms with E-state index in [1.54, 1.807) is 133 Å². The largest absolute Gasteiger partial charge is 0.478 e. The quantitative estimate of drug-likeness (QED) is 0.0467. The number of benzene rings is 6. The third-order valence-electron chi connectivity index (χ3n) is 8.73. The molecule has 0 heterocycles. The number of nitrogens with one attached hydrogen (secondary N) is 3. The fourth-order valence-corrected chi connectivity index (χ4v) is 6.13. The molecule has 6 aromatic carbocycles. The average Bonchev–Trinajstić information content (AvgIpc) is 3.29. The first-order chi connectivity index (χ1) is 31.5. The van der Waals surface area contributed by atoms with Crippen LogP contribution in [0, 0.1) is 0 Å². The molecule has 0 bridgehead atoms. The van der Waals surface area contributed by atoms with Crippen LogP contribution in [0.5, 0.6) is 0 Å². The Balaban J connectivity index is 0.000000251. The zero-order chi connectivity index (χ0) is 49.2. The number of carboxylic acids is 1. The van der Waals surface area contributed by atoms with Crippen molar-refractivity contribution in [3.8, 4) is 22.3 Å². The number of carboxylic acid groups (broad SMARTS) is 1. The molecule has 6 N–H and O–H groups in total. The van der Waals surface area contributed by atoms with Crippen LogP contribution in [0.2, 0.25) is 10.0 Å². The molecule has 59 heavy (non-hydrogen) atoms. The van der Waals surface area contributed by atoms with E-state index in [-0.39, 0.29) is 25.1 Å². The Hall–Kier alpha value is -5.52. The van der Waals surface area contributed by atoms with Gasteiger partial charge in [-0.1, -0.05) is 108 Å². The van der Waals surface area contributed by atoms with Crippen LogP contribution in [-0.2, 0) is 11.2 Å². The highest BCUT2D eigenvalue weighted by molar-refractivity contribution is 6.30. The number of halogens is 2. The minimum atomic E-state index is -2.53. The molecule has 0 amide bonds. The maximum atomic E-state index is 11.8. The highest BCUT2D eigenvalue weighted by Gasteiger charge is 2.10. The summed E-state index contributed by atoms with van der Waals surface area (Å²) in [6, 6.07) is 40.1. The molecule has 0 radical (unpaired) electrons. The number of aliphatic hydroxyl groups is 2. The van der Waals surface area contributed by atoms with Crippen LogP contribution >= 0.6 is 23.2 Å². The van der Waals surface area contributed by atoms with Gasteiger partial charge in [-0.2, -0.15) is 0 Å². The van der Waals surface area contributed by atoms with Crippen molar-refractivity contribution in [2.45, 2.75) is 25.0 Å². The molecule has 11 heteroatoms. The zero-order valence-corrected chi connectivity index (χ0v) is 33.5. The number of aromatic carboxylic acids is 1. The number of aryl methyl sites for hydroxylation is 1. The summed E-state index contributed by atoms with van der Waals surface area (Å²) < 4.78 is 71.0. The van der Waals surface area contributed by atoms with Gasteiger partial charge in [0.2, 0.25) is 0 Å². The second kappa shape index (κ2) is 23.2. The summed E-state index contributed by atoms with van der Waals surface area (Å²) in [7, 11) is 1.30. The smallest absolute Gasteiger partial charge is 0.337 e. The lowest BCUT2D eigenvalue weighted by Crippen LogP contribution is -2.26. The maximum Gasteiger partial charge on any atom is 0.337 e. The Morgan fingerprint density at radius 2 is 1.14 bits per heavy atom. The lowest BCUT2D eigenvalue weighted by Gasteiger charge is -2.13. The maximum absolute atomic E-state index is 11.8. The summed E-state index contributed by atoms with van der Waals surface area (Å²) >= 11 is 11.9. The van der Waals surface area contributed by atoms with Crippen molar-refractivity contribution in [2.24, 2.45) is 0 Å². The summed E-state index contributed by atoms with van der Waals surface area (Å²) in [4.78, 5) is 23.1. The Kier molecular flexibility index (Phi) is 13.5. The third-order valence-corrected chi connectivity index (χ3v) is 9.20. The molecule has 0 unspecified atom stereocenters.